The van der Waals surface area contributed by atoms with Crippen molar-refractivity contribution in [1.82, 2.24) is 16.0 Å². The standard InChI is InChI=1S/C21H22N4/c22-18-13-11-17(12-14-18)21-24-19(15-7-3-1-4-8-15)23-20(25-21)16-9-5-2-6-10-16/h1-14,19-21,23-25H,22H2. The Balaban J connectivity index is 1.66. The van der Waals surface area contributed by atoms with Crippen LogP contribution in [0.3, 0.4) is 0 Å². The summed E-state index contributed by atoms with van der Waals surface area (Å²) in [6.45, 7) is 0. The Morgan fingerprint density at radius 2 is 0.840 bits per heavy atom. The van der Waals surface area contributed by atoms with Crippen LogP contribution >= 0.6 is 0 Å². The molecule has 1 fully saturated rings. The monoisotopic (exact) mass is 330 g/mol. The number of hydrogen-bond acceptors (Lipinski definition) is 4. The summed E-state index contributed by atoms with van der Waals surface area (Å²) >= 11 is 0. The fourth-order valence-corrected chi connectivity index (χ4v) is 3.20. The van der Waals surface area contributed by atoms with Gasteiger partial charge in [-0.15, -0.1) is 0 Å². The van der Waals surface area contributed by atoms with Gasteiger partial charge in [-0.3, -0.25) is 16.0 Å². The Hall–Kier alpha value is -2.66. The van der Waals surface area contributed by atoms with E-state index in [1.165, 1.54) is 11.1 Å². The molecule has 1 aliphatic heterocycles. The zero-order valence-electron chi connectivity index (χ0n) is 13.9. The van der Waals surface area contributed by atoms with Crippen molar-refractivity contribution in [2.45, 2.75) is 18.5 Å². The predicted octanol–water partition coefficient (Wildman–Crippen LogP) is 3.45. The van der Waals surface area contributed by atoms with E-state index in [4.69, 9.17) is 5.73 Å². The van der Waals surface area contributed by atoms with Crippen molar-refractivity contribution in [3.8, 4) is 0 Å². The van der Waals surface area contributed by atoms with Crippen molar-refractivity contribution in [2.24, 2.45) is 0 Å². The fourth-order valence-electron chi connectivity index (χ4n) is 3.20. The Morgan fingerprint density at radius 3 is 1.24 bits per heavy atom. The molecular weight excluding hydrogens is 308 g/mol. The molecule has 3 aromatic rings. The van der Waals surface area contributed by atoms with Crippen LogP contribution in [0.15, 0.2) is 84.9 Å². The molecule has 25 heavy (non-hydrogen) atoms. The zero-order valence-corrected chi connectivity index (χ0v) is 13.9. The molecule has 2 unspecified atom stereocenters. The lowest BCUT2D eigenvalue weighted by Gasteiger charge is -2.39. The van der Waals surface area contributed by atoms with Crippen LogP contribution in [0, 0.1) is 0 Å². The molecule has 1 aliphatic rings. The van der Waals surface area contributed by atoms with Gasteiger partial charge >= 0.3 is 0 Å². The van der Waals surface area contributed by atoms with Gasteiger partial charge < -0.3 is 5.73 Å². The number of nitrogens with two attached hydrogens (primary N) is 1. The number of nitrogens with one attached hydrogen (secondary N) is 3. The summed E-state index contributed by atoms with van der Waals surface area (Å²) in [5, 5.41) is 10.9. The molecule has 3 aromatic carbocycles. The number of anilines is 1. The van der Waals surface area contributed by atoms with Crippen LogP contribution in [0.25, 0.3) is 0 Å². The molecule has 1 heterocycles. The summed E-state index contributed by atoms with van der Waals surface area (Å²) in [5.41, 5.74) is 10.2. The Labute approximate surface area is 148 Å². The summed E-state index contributed by atoms with van der Waals surface area (Å²) < 4.78 is 0. The molecule has 5 N–H and O–H groups in total. The van der Waals surface area contributed by atoms with E-state index < -0.39 is 0 Å². The van der Waals surface area contributed by atoms with Crippen LogP contribution in [0.4, 0.5) is 5.69 Å². The van der Waals surface area contributed by atoms with Gasteiger partial charge in [0.25, 0.3) is 0 Å². The second-order valence-corrected chi connectivity index (χ2v) is 6.29. The largest absolute Gasteiger partial charge is 0.399 e. The Bertz CT molecular complexity index is 755. The van der Waals surface area contributed by atoms with Gasteiger partial charge in [0.1, 0.15) is 0 Å². The molecule has 0 bridgehead atoms. The van der Waals surface area contributed by atoms with Crippen molar-refractivity contribution in [3.63, 3.8) is 0 Å². The summed E-state index contributed by atoms with van der Waals surface area (Å²) in [5.74, 6) is 0. The van der Waals surface area contributed by atoms with Crippen molar-refractivity contribution in [3.05, 3.63) is 102 Å². The van der Waals surface area contributed by atoms with E-state index in [0.717, 1.165) is 11.3 Å². The normalized spacial score (nSPS) is 23.3. The maximum absolute atomic E-state index is 5.84. The summed E-state index contributed by atoms with van der Waals surface area (Å²) in [6, 6.07) is 28.9. The van der Waals surface area contributed by atoms with Crippen LogP contribution in [-0.2, 0) is 0 Å². The molecule has 126 valence electrons. The minimum absolute atomic E-state index is 0.0252. The summed E-state index contributed by atoms with van der Waals surface area (Å²) in [7, 11) is 0. The van der Waals surface area contributed by atoms with Gasteiger partial charge in [0.2, 0.25) is 0 Å². The van der Waals surface area contributed by atoms with Gasteiger partial charge in [-0.05, 0) is 28.8 Å². The first-order chi connectivity index (χ1) is 12.3. The second kappa shape index (κ2) is 7.07. The molecule has 4 nitrogen and oxygen atoms in total. The molecule has 2 atom stereocenters. The number of hydrogen-bond donors (Lipinski definition) is 4. The van der Waals surface area contributed by atoms with E-state index in [1.54, 1.807) is 0 Å². The number of nitrogen functional groups attached to an aromatic ring is 1. The molecule has 0 aliphatic carbocycles. The highest BCUT2D eigenvalue weighted by atomic mass is 15.4. The maximum Gasteiger partial charge on any atom is 0.0864 e. The Kier molecular flexibility index (Phi) is 4.48. The highest BCUT2D eigenvalue weighted by Crippen LogP contribution is 2.27. The third-order valence-corrected chi connectivity index (χ3v) is 4.54. The molecule has 0 saturated carbocycles. The average molecular weight is 330 g/mol. The molecule has 0 spiro atoms. The Morgan fingerprint density at radius 1 is 0.480 bits per heavy atom. The van der Waals surface area contributed by atoms with Gasteiger partial charge in [-0.25, -0.2) is 0 Å². The van der Waals surface area contributed by atoms with Crippen LogP contribution in [-0.4, -0.2) is 0 Å². The van der Waals surface area contributed by atoms with Crippen LogP contribution in [0.1, 0.15) is 35.2 Å². The third-order valence-electron chi connectivity index (χ3n) is 4.54. The first-order valence-corrected chi connectivity index (χ1v) is 8.53. The SMILES string of the molecule is Nc1ccc(C2NC(c3ccccc3)NC(c3ccccc3)N2)cc1. The predicted molar refractivity (Wildman–Crippen MR) is 101 cm³/mol. The molecule has 4 heteroatoms. The summed E-state index contributed by atoms with van der Waals surface area (Å²) in [6.07, 6.45) is 0.127. The molecule has 0 amide bonds. The van der Waals surface area contributed by atoms with Gasteiger partial charge in [-0.1, -0.05) is 72.8 Å². The molecular formula is C21H22N4. The molecule has 1 saturated heterocycles. The first-order valence-electron chi connectivity index (χ1n) is 8.53. The lowest BCUT2D eigenvalue weighted by Crippen LogP contribution is -2.54. The van der Waals surface area contributed by atoms with E-state index in [9.17, 15) is 0 Å². The highest BCUT2D eigenvalue weighted by molar-refractivity contribution is 5.40. The van der Waals surface area contributed by atoms with Crippen molar-refractivity contribution >= 4 is 5.69 Å². The van der Waals surface area contributed by atoms with E-state index in [1.807, 2.05) is 24.3 Å². The average Bonchev–Trinajstić information content (AvgIpc) is 2.69. The molecule has 0 aromatic heterocycles. The lowest BCUT2D eigenvalue weighted by molar-refractivity contribution is 0.203. The minimum atomic E-state index is 0.0252. The second-order valence-electron chi connectivity index (χ2n) is 6.29. The van der Waals surface area contributed by atoms with Crippen LogP contribution in [0.5, 0.6) is 0 Å². The smallest absolute Gasteiger partial charge is 0.0864 e. The van der Waals surface area contributed by atoms with Crippen molar-refractivity contribution in [2.75, 3.05) is 5.73 Å². The quantitative estimate of drug-likeness (QED) is 0.556. The van der Waals surface area contributed by atoms with Gasteiger partial charge in [-0.2, -0.15) is 0 Å². The highest BCUT2D eigenvalue weighted by Gasteiger charge is 2.29. The maximum atomic E-state index is 5.84. The zero-order chi connectivity index (χ0) is 17.1. The van der Waals surface area contributed by atoms with E-state index in [2.05, 4.69) is 76.6 Å². The first kappa shape index (κ1) is 15.8. The number of rotatable bonds is 3. The molecule has 4 rings (SSSR count). The van der Waals surface area contributed by atoms with Crippen LogP contribution in [0.2, 0.25) is 0 Å². The molecule has 0 radical (unpaired) electrons. The summed E-state index contributed by atoms with van der Waals surface area (Å²) in [4.78, 5) is 0. The van der Waals surface area contributed by atoms with Crippen LogP contribution < -0.4 is 21.7 Å². The third kappa shape index (κ3) is 3.56. The van der Waals surface area contributed by atoms with E-state index in [-0.39, 0.29) is 18.5 Å². The van der Waals surface area contributed by atoms with E-state index in [0.29, 0.717) is 0 Å². The minimum Gasteiger partial charge on any atom is -0.399 e. The van der Waals surface area contributed by atoms with E-state index >= 15 is 0 Å². The topological polar surface area (TPSA) is 62.1 Å². The van der Waals surface area contributed by atoms with Gasteiger partial charge in [0, 0.05) is 5.69 Å². The van der Waals surface area contributed by atoms with Crippen molar-refractivity contribution in [1.29, 1.82) is 0 Å². The fraction of sp³-hybridized carbons (Fsp3) is 0.143. The van der Waals surface area contributed by atoms with Gasteiger partial charge in [0.05, 0.1) is 18.5 Å². The van der Waals surface area contributed by atoms with Gasteiger partial charge in [0.15, 0.2) is 0 Å². The number of benzene rings is 3. The van der Waals surface area contributed by atoms with Crippen molar-refractivity contribution < 1.29 is 0 Å². The lowest BCUT2D eigenvalue weighted by atomic mass is 10.0.